The molecular weight excluding hydrogens is 294 g/mol. The van der Waals surface area contributed by atoms with Gasteiger partial charge in [-0.3, -0.25) is 0 Å². The number of carboxylic acid groups (broad SMARTS) is 1. The molecule has 1 fully saturated rings. The van der Waals surface area contributed by atoms with Crippen molar-refractivity contribution in [1.82, 2.24) is 5.32 Å². The molecule has 0 aromatic heterocycles. The zero-order valence-corrected chi connectivity index (χ0v) is 14.5. The van der Waals surface area contributed by atoms with Gasteiger partial charge in [-0.2, -0.15) is 0 Å². The maximum Gasteiger partial charge on any atom is 0.407 e. The highest BCUT2D eigenvalue weighted by molar-refractivity contribution is 5.80. The number of hydrogen-bond acceptors (Lipinski definition) is 3. The van der Waals surface area contributed by atoms with Crippen LogP contribution in [0.5, 0.6) is 0 Å². The zero-order chi connectivity index (χ0) is 17.3. The van der Waals surface area contributed by atoms with Crippen LogP contribution in [0.2, 0.25) is 0 Å². The lowest BCUT2D eigenvalue weighted by molar-refractivity contribution is -0.141. The Balaban J connectivity index is 2.43. The Kier molecular flexibility index (Phi) is 8.13. The first kappa shape index (κ1) is 19.5. The van der Waals surface area contributed by atoms with E-state index in [2.05, 4.69) is 11.9 Å². The van der Waals surface area contributed by atoms with Gasteiger partial charge in [0.1, 0.15) is 6.04 Å². The minimum Gasteiger partial charge on any atom is -0.480 e. The molecule has 0 heterocycles. The van der Waals surface area contributed by atoms with Crippen molar-refractivity contribution < 1.29 is 19.4 Å². The number of unbranched alkanes of at least 4 members (excludes halogenated alkanes) is 1. The molecule has 5 heteroatoms. The van der Waals surface area contributed by atoms with Crippen LogP contribution in [0.1, 0.15) is 65.2 Å². The minimum absolute atomic E-state index is 0.00871. The molecular formula is C18H31NO4. The van der Waals surface area contributed by atoms with Crippen molar-refractivity contribution >= 4 is 12.1 Å². The predicted molar refractivity (Wildman–Crippen MR) is 90.3 cm³/mol. The summed E-state index contributed by atoms with van der Waals surface area (Å²) < 4.78 is 5.27. The molecule has 0 unspecified atom stereocenters. The molecule has 1 aliphatic rings. The Morgan fingerprint density at radius 1 is 1.35 bits per heavy atom. The molecule has 2 N–H and O–H groups in total. The highest BCUT2D eigenvalue weighted by Crippen LogP contribution is 2.27. The molecule has 0 aromatic carbocycles. The topological polar surface area (TPSA) is 75.6 Å². The largest absolute Gasteiger partial charge is 0.480 e. The predicted octanol–water partition coefficient (Wildman–Crippen LogP) is 4.13. The molecule has 1 aliphatic carbocycles. The molecule has 1 amide bonds. The van der Waals surface area contributed by atoms with Gasteiger partial charge in [-0.1, -0.05) is 39.2 Å². The van der Waals surface area contributed by atoms with Gasteiger partial charge in [0.05, 0.1) is 6.61 Å². The van der Waals surface area contributed by atoms with Crippen LogP contribution in [-0.2, 0) is 9.53 Å². The van der Waals surface area contributed by atoms with Crippen LogP contribution in [0, 0.1) is 11.3 Å². The van der Waals surface area contributed by atoms with Gasteiger partial charge < -0.3 is 15.2 Å². The standard InChI is InChI=1S/C18H31NO4/c1-4-5-9-12-18(2,3)13-23-17(22)19-15(16(20)21)14-10-7-6-8-11-14/h4,14-15H,1,5-13H2,2-3H3,(H,19,22)(H,20,21)/t15-/m0/s1. The van der Waals surface area contributed by atoms with E-state index in [0.717, 1.165) is 51.4 Å². The fourth-order valence-electron chi connectivity index (χ4n) is 3.08. The van der Waals surface area contributed by atoms with Gasteiger partial charge in [0.25, 0.3) is 0 Å². The molecule has 1 atom stereocenters. The highest BCUT2D eigenvalue weighted by Gasteiger charge is 2.31. The van der Waals surface area contributed by atoms with Gasteiger partial charge in [-0.25, -0.2) is 9.59 Å². The third-order valence-electron chi connectivity index (χ3n) is 4.52. The van der Waals surface area contributed by atoms with E-state index < -0.39 is 18.1 Å². The Bertz CT molecular complexity index is 400. The normalized spacial score (nSPS) is 17.3. The SMILES string of the molecule is C=CCCCC(C)(C)COC(=O)N[C@H](C(=O)O)C1CCCCC1. The van der Waals surface area contributed by atoms with Crippen LogP contribution in [0.25, 0.3) is 0 Å². The van der Waals surface area contributed by atoms with E-state index in [1.165, 1.54) is 0 Å². The lowest BCUT2D eigenvalue weighted by Crippen LogP contribution is -2.47. The Hall–Kier alpha value is -1.52. The first-order valence-electron chi connectivity index (χ1n) is 8.63. The summed E-state index contributed by atoms with van der Waals surface area (Å²) in [6, 6.07) is -0.841. The van der Waals surface area contributed by atoms with E-state index in [4.69, 9.17) is 4.74 Å². The zero-order valence-electron chi connectivity index (χ0n) is 14.5. The summed E-state index contributed by atoms with van der Waals surface area (Å²) >= 11 is 0. The quantitative estimate of drug-likeness (QED) is 0.494. The van der Waals surface area contributed by atoms with Crippen LogP contribution >= 0.6 is 0 Å². The van der Waals surface area contributed by atoms with Crippen LogP contribution < -0.4 is 5.32 Å². The summed E-state index contributed by atoms with van der Waals surface area (Å²) in [6.45, 7) is 8.06. The van der Waals surface area contributed by atoms with Crippen molar-refractivity contribution in [2.75, 3.05) is 6.61 Å². The van der Waals surface area contributed by atoms with Gasteiger partial charge in [-0.15, -0.1) is 6.58 Å². The number of nitrogens with one attached hydrogen (secondary N) is 1. The Labute approximate surface area is 139 Å². The first-order valence-corrected chi connectivity index (χ1v) is 8.63. The van der Waals surface area contributed by atoms with Crippen LogP contribution in [0.15, 0.2) is 12.7 Å². The van der Waals surface area contributed by atoms with E-state index >= 15 is 0 Å². The molecule has 23 heavy (non-hydrogen) atoms. The molecule has 0 aliphatic heterocycles. The lowest BCUT2D eigenvalue weighted by Gasteiger charge is -2.29. The summed E-state index contributed by atoms with van der Waals surface area (Å²) in [5.74, 6) is -0.964. The number of ether oxygens (including phenoxy) is 1. The van der Waals surface area contributed by atoms with Crippen molar-refractivity contribution in [1.29, 1.82) is 0 Å². The van der Waals surface area contributed by atoms with Gasteiger partial charge in [0.2, 0.25) is 0 Å². The number of allylic oxidation sites excluding steroid dienone is 1. The number of carbonyl (C=O) groups is 2. The molecule has 0 bridgehead atoms. The molecule has 1 rings (SSSR count). The second-order valence-corrected chi connectivity index (χ2v) is 7.28. The van der Waals surface area contributed by atoms with Gasteiger partial charge in [-0.05, 0) is 43.4 Å². The van der Waals surface area contributed by atoms with E-state index in [1.807, 2.05) is 19.9 Å². The van der Waals surface area contributed by atoms with Crippen molar-refractivity contribution in [2.24, 2.45) is 11.3 Å². The first-order chi connectivity index (χ1) is 10.9. The maximum atomic E-state index is 12.0. The van der Waals surface area contributed by atoms with Gasteiger partial charge in [0, 0.05) is 0 Å². The monoisotopic (exact) mass is 325 g/mol. The van der Waals surface area contributed by atoms with Crippen molar-refractivity contribution in [3.8, 4) is 0 Å². The molecule has 0 saturated heterocycles. The Morgan fingerprint density at radius 2 is 2.00 bits per heavy atom. The molecule has 132 valence electrons. The van der Waals surface area contributed by atoms with E-state index in [9.17, 15) is 14.7 Å². The molecule has 0 spiro atoms. The number of amides is 1. The van der Waals surface area contributed by atoms with Gasteiger partial charge >= 0.3 is 12.1 Å². The second kappa shape index (κ2) is 9.58. The molecule has 0 aromatic rings. The van der Waals surface area contributed by atoms with Crippen molar-refractivity contribution in [3.05, 3.63) is 12.7 Å². The molecule has 5 nitrogen and oxygen atoms in total. The third-order valence-corrected chi connectivity index (χ3v) is 4.52. The number of alkyl carbamates (subject to hydrolysis) is 1. The van der Waals surface area contributed by atoms with Crippen LogP contribution in [0.3, 0.4) is 0 Å². The van der Waals surface area contributed by atoms with E-state index in [0.29, 0.717) is 0 Å². The number of carbonyl (C=O) groups excluding carboxylic acids is 1. The minimum atomic E-state index is -0.973. The average Bonchev–Trinajstić information content (AvgIpc) is 2.51. The summed E-state index contributed by atoms with van der Waals surface area (Å²) in [4.78, 5) is 23.4. The third kappa shape index (κ3) is 7.53. The molecule has 1 saturated carbocycles. The summed E-state index contributed by atoms with van der Waals surface area (Å²) in [5.41, 5.74) is -0.121. The lowest BCUT2D eigenvalue weighted by atomic mass is 9.84. The highest BCUT2D eigenvalue weighted by atomic mass is 16.5. The maximum absolute atomic E-state index is 12.0. The number of carboxylic acids is 1. The number of rotatable bonds is 9. The molecule has 0 radical (unpaired) electrons. The number of hydrogen-bond donors (Lipinski definition) is 2. The fourth-order valence-corrected chi connectivity index (χ4v) is 3.08. The van der Waals surface area contributed by atoms with Crippen LogP contribution in [0.4, 0.5) is 4.79 Å². The Morgan fingerprint density at radius 3 is 2.57 bits per heavy atom. The second-order valence-electron chi connectivity index (χ2n) is 7.28. The van der Waals surface area contributed by atoms with E-state index in [-0.39, 0.29) is 17.9 Å². The summed E-state index contributed by atoms with van der Waals surface area (Å²) in [7, 11) is 0. The number of aliphatic carboxylic acids is 1. The summed E-state index contributed by atoms with van der Waals surface area (Å²) in [6.07, 6.45) is 9.03. The van der Waals surface area contributed by atoms with Crippen LogP contribution in [-0.4, -0.2) is 29.8 Å². The van der Waals surface area contributed by atoms with Crippen molar-refractivity contribution in [2.45, 2.75) is 71.3 Å². The van der Waals surface area contributed by atoms with Crippen molar-refractivity contribution in [3.63, 3.8) is 0 Å². The summed E-state index contributed by atoms with van der Waals surface area (Å²) in [5, 5.41) is 11.9. The average molecular weight is 325 g/mol. The van der Waals surface area contributed by atoms with Gasteiger partial charge in [0.15, 0.2) is 0 Å². The van der Waals surface area contributed by atoms with E-state index in [1.54, 1.807) is 0 Å². The smallest absolute Gasteiger partial charge is 0.407 e. The fraction of sp³-hybridized carbons (Fsp3) is 0.778.